The Morgan fingerprint density at radius 2 is 1.02 bits per heavy atom. The van der Waals surface area contributed by atoms with E-state index >= 15 is 0 Å². The van der Waals surface area contributed by atoms with E-state index in [1.807, 2.05) is 84.9 Å². The molecular formula is C31H26N6O4S2. The second-order valence-electron chi connectivity index (χ2n) is 9.43. The van der Waals surface area contributed by atoms with Gasteiger partial charge in [-0.2, -0.15) is 0 Å². The van der Waals surface area contributed by atoms with Crippen molar-refractivity contribution in [1.29, 1.82) is 0 Å². The zero-order valence-corrected chi connectivity index (χ0v) is 24.8. The first-order valence-electron chi connectivity index (χ1n) is 13.2. The third-order valence-electron chi connectivity index (χ3n) is 6.46. The van der Waals surface area contributed by atoms with Gasteiger partial charge in [-0.1, -0.05) is 46.9 Å². The lowest BCUT2D eigenvalue weighted by Gasteiger charge is -2.08. The van der Waals surface area contributed by atoms with E-state index < -0.39 is 0 Å². The number of hydrogen-bond acceptors (Lipinski definition) is 8. The first-order valence-corrected chi connectivity index (χ1v) is 14.8. The van der Waals surface area contributed by atoms with Gasteiger partial charge in [0.2, 0.25) is 0 Å². The molecule has 2 aromatic heterocycles. The monoisotopic (exact) mass is 610 g/mol. The molecule has 0 saturated carbocycles. The Bertz CT molecular complexity index is 1780. The van der Waals surface area contributed by atoms with Crippen LogP contribution in [-0.2, 0) is 6.42 Å². The number of aromatic nitrogens is 2. The van der Waals surface area contributed by atoms with Crippen LogP contribution in [0.25, 0.3) is 20.4 Å². The van der Waals surface area contributed by atoms with Crippen molar-refractivity contribution >= 4 is 76.8 Å². The first kappa shape index (κ1) is 27.9. The lowest BCUT2D eigenvalue weighted by atomic mass is 10.0. The molecule has 0 atom stereocenters. The molecule has 0 aliphatic heterocycles. The fourth-order valence-corrected chi connectivity index (χ4v) is 6.12. The SMILES string of the molecule is COc1ccc2nc(NC(=O)Nc3ccc(Cc4ccc(NC(=O)Nc5nc6ccc(OC)cc6s5)cc4)cc3)sc2c1. The first-order chi connectivity index (χ1) is 20.9. The van der Waals surface area contributed by atoms with Crippen molar-refractivity contribution in [2.24, 2.45) is 0 Å². The van der Waals surface area contributed by atoms with Gasteiger partial charge in [0.1, 0.15) is 11.5 Å². The summed E-state index contributed by atoms with van der Waals surface area (Å²) in [5.74, 6) is 1.48. The fourth-order valence-electron chi connectivity index (χ4n) is 4.34. The van der Waals surface area contributed by atoms with Gasteiger partial charge >= 0.3 is 12.1 Å². The predicted octanol–water partition coefficient (Wildman–Crippen LogP) is 7.80. The average Bonchev–Trinajstić information content (AvgIpc) is 3.60. The second kappa shape index (κ2) is 12.3. The van der Waals surface area contributed by atoms with Gasteiger partial charge < -0.3 is 20.1 Å². The highest BCUT2D eigenvalue weighted by molar-refractivity contribution is 7.22. The van der Waals surface area contributed by atoms with Crippen LogP contribution in [0.5, 0.6) is 11.5 Å². The number of methoxy groups -OCH3 is 2. The van der Waals surface area contributed by atoms with Crippen LogP contribution >= 0.6 is 22.7 Å². The summed E-state index contributed by atoms with van der Waals surface area (Å²) >= 11 is 2.76. The summed E-state index contributed by atoms with van der Waals surface area (Å²) in [4.78, 5) is 33.9. The van der Waals surface area contributed by atoms with Crippen LogP contribution in [0, 0.1) is 0 Å². The van der Waals surface area contributed by atoms with Gasteiger partial charge in [-0.15, -0.1) is 0 Å². The minimum Gasteiger partial charge on any atom is -0.497 e. The third kappa shape index (κ3) is 6.83. The topological polar surface area (TPSA) is 126 Å². The van der Waals surface area contributed by atoms with Gasteiger partial charge in [0.05, 0.1) is 34.7 Å². The number of carbonyl (C=O) groups excluding carboxylic acids is 2. The fraction of sp³-hybridized carbons (Fsp3) is 0.0968. The van der Waals surface area contributed by atoms with E-state index in [9.17, 15) is 9.59 Å². The summed E-state index contributed by atoms with van der Waals surface area (Å²) in [6, 6.07) is 25.7. The number of rotatable bonds is 8. The number of urea groups is 2. The molecule has 0 bridgehead atoms. The molecule has 0 unspecified atom stereocenters. The maximum Gasteiger partial charge on any atom is 0.325 e. The quantitative estimate of drug-likeness (QED) is 0.139. The van der Waals surface area contributed by atoms with Crippen LogP contribution in [-0.4, -0.2) is 36.2 Å². The molecule has 43 heavy (non-hydrogen) atoms. The lowest BCUT2D eigenvalue weighted by molar-refractivity contribution is 0.261. The number of carbonyl (C=O) groups is 2. The Morgan fingerprint density at radius 3 is 1.42 bits per heavy atom. The number of thiazole rings is 2. The van der Waals surface area contributed by atoms with Gasteiger partial charge in [-0.25, -0.2) is 19.6 Å². The van der Waals surface area contributed by atoms with Crippen molar-refractivity contribution in [2.45, 2.75) is 6.42 Å². The van der Waals surface area contributed by atoms with Crippen LogP contribution in [0.4, 0.5) is 31.2 Å². The molecule has 4 aromatic carbocycles. The Morgan fingerprint density at radius 1 is 0.605 bits per heavy atom. The molecule has 0 fully saturated rings. The number of fused-ring (bicyclic) bond motifs is 2. The Hall–Kier alpha value is -5.20. The number of nitrogens with one attached hydrogen (secondary N) is 4. The number of nitrogens with zero attached hydrogens (tertiary/aromatic N) is 2. The molecule has 0 spiro atoms. The van der Waals surface area contributed by atoms with Crippen molar-refractivity contribution in [1.82, 2.24) is 9.97 Å². The van der Waals surface area contributed by atoms with E-state index in [4.69, 9.17) is 9.47 Å². The molecule has 12 heteroatoms. The van der Waals surface area contributed by atoms with Crippen molar-refractivity contribution < 1.29 is 19.1 Å². The third-order valence-corrected chi connectivity index (χ3v) is 8.33. The molecule has 6 aromatic rings. The summed E-state index contributed by atoms with van der Waals surface area (Å²) in [6.07, 6.45) is 0.698. The number of hydrogen-bond donors (Lipinski definition) is 4. The highest BCUT2D eigenvalue weighted by Gasteiger charge is 2.11. The highest BCUT2D eigenvalue weighted by atomic mass is 32.1. The highest BCUT2D eigenvalue weighted by Crippen LogP contribution is 2.30. The molecule has 4 amide bonds. The maximum absolute atomic E-state index is 12.5. The normalized spacial score (nSPS) is 10.8. The minimum absolute atomic E-state index is 0.366. The molecule has 10 nitrogen and oxygen atoms in total. The van der Waals surface area contributed by atoms with Gasteiger partial charge in [0.25, 0.3) is 0 Å². The van der Waals surface area contributed by atoms with Crippen LogP contribution < -0.4 is 30.7 Å². The van der Waals surface area contributed by atoms with Gasteiger partial charge in [0, 0.05) is 11.4 Å². The molecule has 0 radical (unpaired) electrons. The molecule has 0 saturated heterocycles. The summed E-state index contributed by atoms with van der Waals surface area (Å²) < 4.78 is 12.3. The zero-order chi connectivity index (χ0) is 29.8. The Labute approximate surface area is 254 Å². The Balaban J connectivity index is 0.993. The lowest BCUT2D eigenvalue weighted by Crippen LogP contribution is -2.19. The molecule has 216 valence electrons. The molecule has 2 heterocycles. The van der Waals surface area contributed by atoms with Crippen LogP contribution in [0.2, 0.25) is 0 Å². The smallest absolute Gasteiger partial charge is 0.325 e. The number of ether oxygens (including phenoxy) is 2. The van der Waals surface area contributed by atoms with Gasteiger partial charge in [0.15, 0.2) is 10.3 Å². The number of amides is 4. The molecular weight excluding hydrogens is 585 g/mol. The summed E-state index contributed by atoms with van der Waals surface area (Å²) in [5.41, 5.74) is 5.09. The average molecular weight is 611 g/mol. The number of anilines is 4. The van der Waals surface area contributed by atoms with E-state index in [1.165, 1.54) is 22.7 Å². The Kier molecular flexibility index (Phi) is 8.03. The summed E-state index contributed by atoms with van der Waals surface area (Å²) in [6.45, 7) is 0. The van der Waals surface area contributed by atoms with Crippen molar-refractivity contribution in [3.05, 3.63) is 96.1 Å². The van der Waals surface area contributed by atoms with Gasteiger partial charge in [-0.05, 0) is 78.2 Å². The van der Waals surface area contributed by atoms with E-state index in [0.29, 0.717) is 28.1 Å². The second-order valence-corrected chi connectivity index (χ2v) is 11.5. The van der Waals surface area contributed by atoms with E-state index in [-0.39, 0.29) is 12.1 Å². The van der Waals surface area contributed by atoms with E-state index in [2.05, 4.69) is 31.2 Å². The van der Waals surface area contributed by atoms with E-state index in [1.54, 1.807) is 14.2 Å². The predicted molar refractivity (Wildman–Crippen MR) is 173 cm³/mol. The van der Waals surface area contributed by atoms with Crippen LogP contribution in [0.1, 0.15) is 11.1 Å². The van der Waals surface area contributed by atoms with E-state index in [0.717, 1.165) is 43.1 Å². The number of benzene rings is 4. The summed E-state index contributed by atoms with van der Waals surface area (Å²) in [5, 5.41) is 12.3. The van der Waals surface area contributed by atoms with Crippen molar-refractivity contribution in [3.63, 3.8) is 0 Å². The van der Waals surface area contributed by atoms with Crippen LogP contribution in [0.15, 0.2) is 84.9 Å². The zero-order valence-electron chi connectivity index (χ0n) is 23.1. The summed E-state index contributed by atoms with van der Waals surface area (Å²) in [7, 11) is 3.23. The van der Waals surface area contributed by atoms with Crippen molar-refractivity contribution in [2.75, 3.05) is 35.5 Å². The van der Waals surface area contributed by atoms with Crippen LogP contribution in [0.3, 0.4) is 0 Å². The van der Waals surface area contributed by atoms with Crippen molar-refractivity contribution in [3.8, 4) is 11.5 Å². The standard InChI is InChI=1S/C31H26N6O4S2/c1-40-22-11-13-24-26(16-22)42-30(34-24)36-28(38)32-20-7-3-18(4-8-20)15-19-5-9-21(10-6-19)33-29(39)37-31-35-25-14-12-23(41-2)17-27(25)43-31/h3-14,16-17H,15H2,1-2H3,(H2,32,34,36,38)(H2,33,35,37,39). The minimum atomic E-state index is -0.366. The molecule has 0 aliphatic carbocycles. The van der Waals surface area contributed by atoms with Gasteiger partial charge in [-0.3, -0.25) is 10.6 Å². The molecule has 0 aliphatic rings. The molecule has 6 rings (SSSR count). The maximum atomic E-state index is 12.5. The molecule has 4 N–H and O–H groups in total. The largest absolute Gasteiger partial charge is 0.497 e.